The molecule has 3 N–H and O–H groups in total. The molecule has 1 atom stereocenters. The quantitative estimate of drug-likeness (QED) is 0.835. The molecule has 0 saturated carbocycles. The molecule has 2 aromatic carbocycles. The average molecular weight is 298 g/mol. The van der Waals surface area contributed by atoms with Crippen molar-refractivity contribution >= 4 is 23.1 Å². The Morgan fingerprint density at radius 3 is 2.57 bits per heavy atom. The molecule has 2 aromatic rings. The fourth-order valence-electron chi connectivity index (χ4n) is 2.07. The Hall–Kier alpha value is -2.20. The number of nitrogens with two attached hydrogens (primary N) is 1. The summed E-state index contributed by atoms with van der Waals surface area (Å²) in [6.45, 7) is 2.36. The van der Waals surface area contributed by atoms with E-state index in [9.17, 15) is 4.79 Å². The molecule has 108 valence electrons. The number of hydrogen-bond donors (Lipinski definition) is 2. The van der Waals surface area contributed by atoms with Crippen molar-refractivity contribution in [2.24, 2.45) is 5.73 Å². The van der Waals surface area contributed by atoms with E-state index in [0.29, 0.717) is 11.5 Å². The van der Waals surface area contributed by atoms with E-state index in [0.717, 1.165) is 16.7 Å². The van der Waals surface area contributed by atoms with Crippen molar-refractivity contribution in [2.75, 3.05) is 0 Å². The number of hydrogen-bond acceptors (Lipinski definition) is 2. The Labute approximate surface area is 130 Å². The van der Waals surface area contributed by atoms with Gasteiger partial charge >= 0.3 is 0 Å². The number of carbonyl (C=O) groups excluding carboxylic acids is 1. The summed E-state index contributed by atoms with van der Waals surface area (Å²) < 4.78 is 0. The molecule has 3 nitrogen and oxygen atoms in total. The minimum Gasteiger partial charge on any atom is -0.389 e. The molecule has 0 radical (unpaired) electrons. The van der Waals surface area contributed by atoms with Gasteiger partial charge in [0.2, 0.25) is 5.91 Å². The molecule has 0 saturated heterocycles. The van der Waals surface area contributed by atoms with Gasteiger partial charge in [0, 0.05) is 12.1 Å². The maximum atomic E-state index is 12.2. The Bertz CT molecular complexity index is 640. The number of carbonyl (C=O) groups is 1. The van der Waals surface area contributed by atoms with Crippen molar-refractivity contribution in [2.45, 2.75) is 19.4 Å². The smallest absolute Gasteiger partial charge is 0.227 e. The molecule has 0 fully saturated rings. The maximum Gasteiger partial charge on any atom is 0.227 e. The van der Waals surface area contributed by atoms with Gasteiger partial charge in [0.1, 0.15) is 4.99 Å². The molecule has 0 heterocycles. The summed E-state index contributed by atoms with van der Waals surface area (Å²) in [6.07, 6.45) is 0. The summed E-state index contributed by atoms with van der Waals surface area (Å²) in [5.41, 5.74) is 8.41. The van der Waals surface area contributed by atoms with Crippen molar-refractivity contribution in [1.29, 1.82) is 0 Å². The van der Waals surface area contributed by atoms with E-state index in [1.807, 2.05) is 61.5 Å². The van der Waals surface area contributed by atoms with Crippen LogP contribution < -0.4 is 11.1 Å². The molecule has 0 aliphatic rings. The van der Waals surface area contributed by atoms with E-state index >= 15 is 0 Å². The summed E-state index contributed by atoms with van der Waals surface area (Å²) >= 11 is 4.95. The summed E-state index contributed by atoms with van der Waals surface area (Å²) in [7, 11) is 0. The molecule has 0 aromatic heterocycles. The lowest BCUT2D eigenvalue weighted by Crippen LogP contribution is -2.27. The minimum absolute atomic E-state index is 0.00179. The molecule has 0 aliphatic heterocycles. The van der Waals surface area contributed by atoms with Crippen molar-refractivity contribution in [3.8, 4) is 0 Å². The SMILES string of the molecule is CC(C(=O)NCc1cccc(C(N)=S)c1)c1ccccc1. The monoisotopic (exact) mass is 298 g/mol. The van der Waals surface area contributed by atoms with Crippen LogP contribution in [-0.2, 0) is 11.3 Å². The van der Waals surface area contributed by atoms with Gasteiger partial charge < -0.3 is 11.1 Å². The third-order valence-corrected chi connectivity index (χ3v) is 3.61. The summed E-state index contributed by atoms with van der Waals surface area (Å²) in [4.78, 5) is 12.5. The van der Waals surface area contributed by atoms with E-state index in [1.54, 1.807) is 0 Å². The van der Waals surface area contributed by atoms with Crippen LogP contribution in [0.3, 0.4) is 0 Å². The van der Waals surface area contributed by atoms with E-state index in [1.165, 1.54) is 0 Å². The standard InChI is InChI=1S/C17H18N2OS/c1-12(14-7-3-2-4-8-14)17(20)19-11-13-6-5-9-15(10-13)16(18)21/h2-10,12H,11H2,1H3,(H2,18,21)(H,19,20). The minimum atomic E-state index is -0.176. The van der Waals surface area contributed by atoms with Crippen LogP contribution >= 0.6 is 12.2 Å². The van der Waals surface area contributed by atoms with E-state index in [4.69, 9.17) is 18.0 Å². The zero-order valence-electron chi connectivity index (χ0n) is 11.9. The van der Waals surface area contributed by atoms with Gasteiger partial charge in [-0.1, -0.05) is 60.7 Å². The van der Waals surface area contributed by atoms with Crippen molar-refractivity contribution in [1.82, 2.24) is 5.32 Å². The van der Waals surface area contributed by atoms with Crippen LogP contribution in [0.4, 0.5) is 0 Å². The van der Waals surface area contributed by atoms with Gasteiger partial charge in [-0.25, -0.2) is 0 Å². The maximum absolute atomic E-state index is 12.2. The molecule has 0 spiro atoms. The first-order chi connectivity index (χ1) is 10.1. The fraction of sp³-hybridized carbons (Fsp3) is 0.176. The Morgan fingerprint density at radius 1 is 1.19 bits per heavy atom. The van der Waals surface area contributed by atoms with Crippen LogP contribution in [0, 0.1) is 0 Å². The van der Waals surface area contributed by atoms with Crippen LogP contribution in [0.5, 0.6) is 0 Å². The summed E-state index contributed by atoms with van der Waals surface area (Å²) in [5.74, 6) is -0.174. The highest BCUT2D eigenvalue weighted by molar-refractivity contribution is 7.80. The number of rotatable bonds is 5. The first-order valence-corrected chi connectivity index (χ1v) is 7.20. The van der Waals surface area contributed by atoms with E-state index in [2.05, 4.69) is 5.32 Å². The molecule has 1 unspecified atom stereocenters. The van der Waals surface area contributed by atoms with E-state index < -0.39 is 0 Å². The first kappa shape index (κ1) is 15.2. The molecule has 0 bridgehead atoms. The number of amides is 1. The van der Waals surface area contributed by atoms with Gasteiger partial charge in [0.05, 0.1) is 5.92 Å². The number of thiocarbonyl (C=S) groups is 1. The van der Waals surface area contributed by atoms with Crippen molar-refractivity contribution in [3.05, 3.63) is 71.3 Å². The predicted molar refractivity (Wildman–Crippen MR) is 89.0 cm³/mol. The molecule has 21 heavy (non-hydrogen) atoms. The third-order valence-electron chi connectivity index (χ3n) is 3.37. The second kappa shape index (κ2) is 6.99. The lowest BCUT2D eigenvalue weighted by atomic mass is 10.0. The number of nitrogens with one attached hydrogen (secondary N) is 1. The van der Waals surface area contributed by atoms with Crippen molar-refractivity contribution in [3.63, 3.8) is 0 Å². The largest absolute Gasteiger partial charge is 0.389 e. The van der Waals surface area contributed by atoms with Gasteiger partial charge in [-0.2, -0.15) is 0 Å². The predicted octanol–water partition coefficient (Wildman–Crippen LogP) is 2.74. The highest BCUT2D eigenvalue weighted by atomic mass is 32.1. The lowest BCUT2D eigenvalue weighted by molar-refractivity contribution is -0.122. The fourth-order valence-corrected chi connectivity index (χ4v) is 2.20. The Balaban J connectivity index is 1.98. The molecule has 0 aliphatic carbocycles. The molecule has 4 heteroatoms. The first-order valence-electron chi connectivity index (χ1n) is 6.79. The highest BCUT2D eigenvalue weighted by Crippen LogP contribution is 2.14. The highest BCUT2D eigenvalue weighted by Gasteiger charge is 2.14. The molecular formula is C17H18N2OS. The normalized spacial score (nSPS) is 11.7. The summed E-state index contributed by atoms with van der Waals surface area (Å²) in [6, 6.07) is 17.3. The Morgan fingerprint density at radius 2 is 1.90 bits per heavy atom. The van der Waals surface area contributed by atoms with Crippen molar-refractivity contribution < 1.29 is 4.79 Å². The van der Waals surface area contributed by atoms with E-state index in [-0.39, 0.29) is 11.8 Å². The average Bonchev–Trinajstić information content (AvgIpc) is 2.53. The number of benzene rings is 2. The van der Waals surface area contributed by atoms with Crippen LogP contribution in [-0.4, -0.2) is 10.9 Å². The van der Waals surface area contributed by atoms with Gasteiger partial charge in [-0.3, -0.25) is 4.79 Å². The molecule has 1 amide bonds. The van der Waals surface area contributed by atoms with Crippen LogP contribution in [0.25, 0.3) is 0 Å². The van der Waals surface area contributed by atoms with Crippen LogP contribution in [0.1, 0.15) is 29.5 Å². The van der Waals surface area contributed by atoms with Crippen LogP contribution in [0.2, 0.25) is 0 Å². The second-order valence-electron chi connectivity index (χ2n) is 4.91. The van der Waals surface area contributed by atoms with Gasteiger partial charge in [-0.15, -0.1) is 0 Å². The third kappa shape index (κ3) is 4.13. The second-order valence-corrected chi connectivity index (χ2v) is 5.35. The zero-order chi connectivity index (χ0) is 15.2. The van der Waals surface area contributed by atoms with Gasteiger partial charge in [-0.05, 0) is 24.1 Å². The topological polar surface area (TPSA) is 55.1 Å². The molecule has 2 rings (SSSR count). The van der Waals surface area contributed by atoms with Crippen LogP contribution in [0.15, 0.2) is 54.6 Å². The van der Waals surface area contributed by atoms with Gasteiger partial charge in [0.15, 0.2) is 0 Å². The Kier molecular flexibility index (Phi) is 5.06. The summed E-state index contributed by atoms with van der Waals surface area (Å²) in [5, 5.41) is 2.94. The van der Waals surface area contributed by atoms with Gasteiger partial charge in [0.25, 0.3) is 0 Å². The lowest BCUT2D eigenvalue weighted by Gasteiger charge is -2.13. The zero-order valence-corrected chi connectivity index (χ0v) is 12.7. The molecular weight excluding hydrogens is 280 g/mol.